The van der Waals surface area contributed by atoms with Crippen LogP contribution in [0, 0.1) is 5.82 Å². The first-order chi connectivity index (χ1) is 9.60. The van der Waals surface area contributed by atoms with Gasteiger partial charge in [-0.2, -0.15) is 0 Å². The molecular formula is C17H20FNO. The van der Waals surface area contributed by atoms with Gasteiger partial charge in [0.25, 0.3) is 0 Å². The molecule has 0 aliphatic carbocycles. The van der Waals surface area contributed by atoms with Crippen LogP contribution in [0.1, 0.15) is 18.1 Å². The van der Waals surface area contributed by atoms with Crippen LogP contribution in [0.3, 0.4) is 0 Å². The average molecular weight is 273 g/mol. The number of hydrogen-bond donors (Lipinski definition) is 0. The van der Waals surface area contributed by atoms with Gasteiger partial charge in [0.05, 0.1) is 6.61 Å². The van der Waals surface area contributed by atoms with Gasteiger partial charge in [0.2, 0.25) is 0 Å². The van der Waals surface area contributed by atoms with Crippen molar-refractivity contribution < 1.29 is 9.13 Å². The van der Waals surface area contributed by atoms with Crippen molar-refractivity contribution in [2.45, 2.75) is 13.3 Å². The van der Waals surface area contributed by atoms with E-state index in [0.29, 0.717) is 12.4 Å². The molecule has 0 fully saturated rings. The number of likely N-dealkylation sites (N-methyl/N-ethyl adjacent to an activating group) is 1. The molecule has 0 atom stereocenters. The lowest BCUT2D eigenvalue weighted by Crippen LogP contribution is -2.18. The zero-order valence-corrected chi connectivity index (χ0v) is 12.0. The van der Waals surface area contributed by atoms with E-state index in [1.54, 1.807) is 0 Å². The maximum atomic E-state index is 13.5. The summed E-state index contributed by atoms with van der Waals surface area (Å²) in [7, 11) is 2.04. The Kier molecular flexibility index (Phi) is 4.61. The Bertz CT molecular complexity index is 560. The third kappa shape index (κ3) is 3.50. The molecule has 0 bridgehead atoms. The van der Waals surface area contributed by atoms with Crippen molar-refractivity contribution in [2.24, 2.45) is 0 Å². The van der Waals surface area contributed by atoms with Crippen molar-refractivity contribution >= 4 is 5.76 Å². The van der Waals surface area contributed by atoms with E-state index in [9.17, 15) is 4.39 Å². The highest BCUT2D eigenvalue weighted by Crippen LogP contribution is 2.23. The summed E-state index contributed by atoms with van der Waals surface area (Å²) in [5.74, 6) is 0.265. The summed E-state index contributed by atoms with van der Waals surface area (Å²) < 4.78 is 18.9. The molecule has 1 heterocycles. The second-order valence-corrected chi connectivity index (χ2v) is 4.92. The van der Waals surface area contributed by atoms with Crippen LogP contribution in [0.25, 0.3) is 5.76 Å². The van der Waals surface area contributed by atoms with Crippen molar-refractivity contribution in [3.05, 3.63) is 65.6 Å². The highest BCUT2D eigenvalue weighted by Gasteiger charge is 2.12. The number of allylic oxidation sites excluding steroid dienone is 2. The molecule has 0 saturated carbocycles. The SMILES string of the molecule is C=C(OCC)c1cc(F)ccc1CC1=CC=CN(C)C1. The monoisotopic (exact) mass is 273 g/mol. The fourth-order valence-corrected chi connectivity index (χ4v) is 2.33. The van der Waals surface area contributed by atoms with Gasteiger partial charge in [-0.1, -0.05) is 18.7 Å². The minimum atomic E-state index is -0.265. The van der Waals surface area contributed by atoms with E-state index < -0.39 is 0 Å². The van der Waals surface area contributed by atoms with E-state index in [-0.39, 0.29) is 5.82 Å². The molecule has 1 aromatic rings. The summed E-state index contributed by atoms with van der Waals surface area (Å²) in [5.41, 5.74) is 3.08. The van der Waals surface area contributed by atoms with Crippen molar-refractivity contribution in [2.75, 3.05) is 20.2 Å². The molecule has 0 radical (unpaired) electrons. The molecule has 1 aromatic carbocycles. The summed E-state index contributed by atoms with van der Waals surface area (Å²) >= 11 is 0. The number of nitrogens with zero attached hydrogens (tertiary/aromatic N) is 1. The first-order valence-electron chi connectivity index (χ1n) is 6.77. The van der Waals surface area contributed by atoms with Crippen LogP contribution in [0.15, 0.2) is 48.7 Å². The predicted octanol–water partition coefficient (Wildman–Crippen LogP) is 3.76. The van der Waals surface area contributed by atoms with Crippen molar-refractivity contribution in [3.8, 4) is 0 Å². The van der Waals surface area contributed by atoms with Crippen molar-refractivity contribution in [1.82, 2.24) is 4.90 Å². The van der Waals surface area contributed by atoms with Crippen LogP contribution >= 0.6 is 0 Å². The minimum absolute atomic E-state index is 0.265. The Morgan fingerprint density at radius 3 is 2.95 bits per heavy atom. The second-order valence-electron chi connectivity index (χ2n) is 4.92. The van der Waals surface area contributed by atoms with Crippen molar-refractivity contribution in [1.29, 1.82) is 0 Å². The molecule has 0 aromatic heterocycles. The third-order valence-corrected chi connectivity index (χ3v) is 3.23. The first-order valence-corrected chi connectivity index (χ1v) is 6.77. The van der Waals surface area contributed by atoms with Crippen LogP contribution in [-0.2, 0) is 11.2 Å². The summed E-state index contributed by atoms with van der Waals surface area (Å²) in [5, 5.41) is 0. The van der Waals surface area contributed by atoms with Crippen molar-refractivity contribution in [3.63, 3.8) is 0 Å². The Hall–Kier alpha value is -2.03. The second kappa shape index (κ2) is 6.42. The first kappa shape index (κ1) is 14.4. The molecule has 0 spiro atoms. The molecule has 106 valence electrons. The van der Waals surface area contributed by atoms with Gasteiger partial charge in [-0.15, -0.1) is 0 Å². The highest BCUT2D eigenvalue weighted by atomic mass is 19.1. The standard InChI is InChI=1S/C17H20FNO/c1-4-20-13(2)17-11-16(18)8-7-15(17)10-14-6-5-9-19(3)12-14/h5-9,11H,2,4,10,12H2,1,3H3. The molecule has 0 saturated heterocycles. The molecule has 2 nitrogen and oxygen atoms in total. The Morgan fingerprint density at radius 1 is 1.45 bits per heavy atom. The summed E-state index contributed by atoms with van der Waals surface area (Å²) in [6.45, 7) is 7.20. The average Bonchev–Trinajstić information content (AvgIpc) is 2.41. The number of hydrogen-bond acceptors (Lipinski definition) is 2. The fourth-order valence-electron chi connectivity index (χ4n) is 2.33. The van der Waals surface area contributed by atoms with Gasteiger partial charge in [-0.05, 0) is 48.9 Å². The lowest BCUT2D eigenvalue weighted by molar-refractivity contribution is 0.298. The number of halogens is 1. The summed E-state index contributed by atoms with van der Waals surface area (Å²) in [6, 6.07) is 4.80. The zero-order chi connectivity index (χ0) is 14.5. The third-order valence-electron chi connectivity index (χ3n) is 3.23. The lowest BCUT2D eigenvalue weighted by Gasteiger charge is -2.21. The highest BCUT2D eigenvalue weighted by molar-refractivity contribution is 5.61. The molecule has 3 heteroatoms. The van der Waals surface area contributed by atoms with Gasteiger partial charge < -0.3 is 9.64 Å². The van der Waals surface area contributed by atoms with E-state index in [0.717, 1.165) is 24.1 Å². The number of ether oxygens (including phenoxy) is 1. The summed E-state index contributed by atoms with van der Waals surface area (Å²) in [4.78, 5) is 2.12. The topological polar surface area (TPSA) is 12.5 Å². The van der Waals surface area contributed by atoms with Crippen LogP contribution in [0.5, 0.6) is 0 Å². The van der Waals surface area contributed by atoms with Crippen LogP contribution in [-0.4, -0.2) is 25.1 Å². The van der Waals surface area contributed by atoms with E-state index in [2.05, 4.69) is 17.6 Å². The van der Waals surface area contributed by atoms with Gasteiger partial charge in [-0.25, -0.2) is 4.39 Å². The van der Waals surface area contributed by atoms with E-state index in [4.69, 9.17) is 4.74 Å². The van der Waals surface area contributed by atoms with Gasteiger partial charge in [0, 0.05) is 19.2 Å². The zero-order valence-electron chi connectivity index (χ0n) is 12.0. The van der Waals surface area contributed by atoms with E-state index in [1.807, 2.05) is 32.3 Å². The molecule has 1 aliphatic rings. The fraction of sp³-hybridized carbons (Fsp3) is 0.294. The van der Waals surface area contributed by atoms with Crippen LogP contribution in [0.2, 0.25) is 0 Å². The molecule has 2 rings (SSSR count). The molecular weight excluding hydrogens is 253 g/mol. The summed E-state index contributed by atoms with van der Waals surface area (Å²) in [6.07, 6.45) is 6.94. The lowest BCUT2D eigenvalue weighted by atomic mass is 9.97. The van der Waals surface area contributed by atoms with E-state index in [1.165, 1.54) is 17.7 Å². The molecule has 0 unspecified atom stereocenters. The largest absolute Gasteiger partial charge is 0.494 e. The molecule has 20 heavy (non-hydrogen) atoms. The van der Waals surface area contributed by atoms with Gasteiger partial charge >= 0.3 is 0 Å². The Morgan fingerprint density at radius 2 is 2.25 bits per heavy atom. The molecule has 0 amide bonds. The maximum Gasteiger partial charge on any atom is 0.123 e. The van der Waals surface area contributed by atoms with Crippen LogP contribution < -0.4 is 0 Å². The number of benzene rings is 1. The quantitative estimate of drug-likeness (QED) is 0.757. The molecule has 1 aliphatic heterocycles. The minimum Gasteiger partial charge on any atom is -0.494 e. The Labute approximate surface area is 119 Å². The Balaban J connectivity index is 2.25. The normalized spacial score (nSPS) is 14.2. The predicted molar refractivity (Wildman–Crippen MR) is 80.6 cm³/mol. The van der Waals surface area contributed by atoms with Gasteiger partial charge in [0.15, 0.2) is 0 Å². The van der Waals surface area contributed by atoms with Gasteiger partial charge in [0.1, 0.15) is 11.6 Å². The maximum absolute atomic E-state index is 13.5. The number of rotatable bonds is 5. The van der Waals surface area contributed by atoms with Gasteiger partial charge in [-0.3, -0.25) is 0 Å². The molecule has 0 N–H and O–H groups in total. The smallest absolute Gasteiger partial charge is 0.123 e. The van der Waals surface area contributed by atoms with E-state index >= 15 is 0 Å². The van der Waals surface area contributed by atoms with Crippen LogP contribution in [0.4, 0.5) is 4.39 Å².